The zero-order valence-corrected chi connectivity index (χ0v) is 22.0. The monoisotopic (exact) mass is 564 g/mol. The number of rotatable bonds is 6. The number of amides is 1. The number of nitrogens with two attached hydrogens (primary N) is 1. The van der Waals surface area contributed by atoms with E-state index in [4.69, 9.17) is 10.8 Å². The molecule has 3 heterocycles. The predicted octanol–water partition coefficient (Wildman–Crippen LogP) is 4.16. The molecule has 212 valence electrons. The van der Waals surface area contributed by atoms with Gasteiger partial charge in [-0.1, -0.05) is 18.1 Å². The molecule has 1 unspecified atom stereocenters. The molecule has 5 N–H and O–H groups in total. The smallest absolute Gasteiger partial charge is 0.383 e. The number of hydrogen-bond donors (Lipinski definition) is 4. The van der Waals surface area contributed by atoms with Gasteiger partial charge in [-0.15, -0.1) is 5.92 Å². The van der Waals surface area contributed by atoms with Crippen molar-refractivity contribution in [2.45, 2.75) is 57.1 Å². The number of nitrogens with one attached hydrogen (secondary N) is 2. The van der Waals surface area contributed by atoms with Crippen LogP contribution in [-0.2, 0) is 6.18 Å². The van der Waals surface area contributed by atoms with Gasteiger partial charge < -0.3 is 16.2 Å². The Kier molecular flexibility index (Phi) is 7.87. The summed E-state index contributed by atoms with van der Waals surface area (Å²) < 4.78 is 40.9. The molecule has 1 amide bonds. The van der Waals surface area contributed by atoms with Gasteiger partial charge in [0.05, 0.1) is 17.0 Å². The van der Waals surface area contributed by atoms with Crippen LogP contribution in [0.1, 0.15) is 54.6 Å². The van der Waals surface area contributed by atoms with Gasteiger partial charge in [-0.3, -0.25) is 10.1 Å². The van der Waals surface area contributed by atoms with Crippen LogP contribution in [0.15, 0.2) is 48.9 Å². The van der Waals surface area contributed by atoms with Crippen molar-refractivity contribution in [2.24, 2.45) is 0 Å². The van der Waals surface area contributed by atoms with E-state index in [0.29, 0.717) is 22.3 Å². The maximum atomic E-state index is 13.0. The summed E-state index contributed by atoms with van der Waals surface area (Å²) >= 11 is 0. The van der Waals surface area contributed by atoms with E-state index in [1.807, 2.05) is 4.68 Å². The van der Waals surface area contributed by atoms with Crippen molar-refractivity contribution in [3.05, 3.63) is 60.0 Å². The number of carbonyl (C=O) groups is 1. The van der Waals surface area contributed by atoms with Gasteiger partial charge >= 0.3 is 6.18 Å². The molecule has 1 fully saturated rings. The van der Waals surface area contributed by atoms with Gasteiger partial charge in [0, 0.05) is 23.4 Å². The van der Waals surface area contributed by atoms with Crippen LogP contribution >= 0.6 is 0 Å². The molecule has 0 radical (unpaired) electrons. The topological polar surface area (TPSA) is 144 Å². The third-order valence-corrected chi connectivity index (χ3v) is 6.98. The van der Waals surface area contributed by atoms with Gasteiger partial charge in [0.1, 0.15) is 23.7 Å². The summed E-state index contributed by atoms with van der Waals surface area (Å²) in [7, 11) is 0. The Morgan fingerprint density at radius 3 is 2.54 bits per heavy atom. The predicted molar refractivity (Wildman–Crippen MR) is 146 cm³/mol. The Morgan fingerprint density at radius 2 is 1.85 bits per heavy atom. The third-order valence-electron chi connectivity index (χ3n) is 6.98. The van der Waals surface area contributed by atoms with E-state index in [1.165, 1.54) is 6.33 Å². The fraction of sp³-hybridized carbons (Fsp3) is 0.321. The van der Waals surface area contributed by atoms with Crippen LogP contribution in [-0.4, -0.2) is 48.0 Å². The Bertz CT molecular complexity index is 1620. The van der Waals surface area contributed by atoms with Crippen molar-refractivity contribution in [1.29, 1.82) is 0 Å². The highest BCUT2D eigenvalue weighted by Gasteiger charge is 2.31. The molecular weight excluding hydrogens is 537 g/mol. The van der Waals surface area contributed by atoms with Crippen molar-refractivity contribution in [3.8, 4) is 23.1 Å². The van der Waals surface area contributed by atoms with E-state index >= 15 is 0 Å². The molecule has 10 nitrogen and oxygen atoms in total. The maximum absolute atomic E-state index is 13.0. The minimum Gasteiger partial charge on any atom is -0.383 e. The van der Waals surface area contributed by atoms with Crippen LogP contribution in [0, 0.1) is 11.8 Å². The summed E-state index contributed by atoms with van der Waals surface area (Å²) in [5.41, 5.74) is 7.38. The van der Waals surface area contributed by atoms with Gasteiger partial charge in [0.2, 0.25) is 0 Å². The van der Waals surface area contributed by atoms with Crippen LogP contribution in [0.25, 0.3) is 22.3 Å². The first-order chi connectivity index (χ1) is 19.6. The Hall–Kier alpha value is -4.54. The van der Waals surface area contributed by atoms with Gasteiger partial charge in [-0.2, -0.15) is 18.3 Å². The lowest BCUT2D eigenvalue weighted by Gasteiger charge is -2.30. The second-order valence-corrected chi connectivity index (χ2v) is 9.68. The summed E-state index contributed by atoms with van der Waals surface area (Å²) in [6, 6.07) is 8.26. The van der Waals surface area contributed by atoms with Crippen LogP contribution in [0.5, 0.6) is 0 Å². The zero-order valence-electron chi connectivity index (χ0n) is 22.0. The molecule has 13 heteroatoms. The molecule has 4 aromatic rings. The average Bonchev–Trinajstić information content (AvgIpc) is 3.34. The molecule has 0 spiro atoms. The lowest BCUT2D eigenvalue weighted by molar-refractivity contribution is -0.137. The molecule has 0 aliphatic heterocycles. The summed E-state index contributed by atoms with van der Waals surface area (Å²) in [4.78, 5) is 25.1. The van der Waals surface area contributed by atoms with Gasteiger partial charge in [0.25, 0.3) is 5.91 Å². The maximum Gasteiger partial charge on any atom is 0.416 e. The highest BCUT2D eigenvalue weighted by atomic mass is 19.4. The molecule has 1 aromatic carbocycles. The fourth-order valence-corrected chi connectivity index (χ4v) is 4.98. The minimum atomic E-state index is -4.55. The number of anilines is 2. The Morgan fingerprint density at radius 1 is 1.12 bits per heavy atom. The molecule has 0 bridgehead atoms. The van der Waals surface area contributed by atoms with Crippen LogP contribution in [0.3, 0.4) is 0 Å². The second-order valence-electron chi connectivity index (χ2n) is 9.68. The van der Waals surface area contributed by atoms with Crippen molar-refractivity contribution in [1.82, 2.24) is 30.0 Å². The lowest BCUT2D eigenvalue weighted by Crippen LogP contribution is -2.40. The summed E-state index contributed by atoms with van der Waals surface area (Å²) in [5, 5.41) is 20.9. The number of nitrogen functional groups attached to an aromatic ring is 1. The van der Waals surface area contributed by atoms with Crippen molar-refractivity contribution < 1.29 is 23.1 Å². The number of pyridine rings is 1. The number of nitrogens with zero attached hydrogens (tertiary/aromatic N) is 5. The molecule has 1 atom stereocenters. The number of aliphatic hydroxyl groups excluding tert-OH is 1. The molecule has 0 saturated heterocycles. The zero-order chi connectivity index (χ0) is 29.1. The van der Waals surface area contributed by atoms with E-state index in [2.05, 4.69) is 37.4 Å². The molecular formula is C28H27F3N8O2. The van der Waals surface area contributed by atoms with Gasteiger partial charge in [-0.05, 0) is 56.9 Å². The Labute approximate surface area is 233 Å². The molecule has 3 aromatic heterocycles. The minimum absolute atomic E-state index is 0.0537. The summed E-state index contributed by atoms with van der Waals surface area (Å²) in [6.45, 7) is 1.68. The van der Waals surface area contributed by atoms with Gasteiger partial charge in [-0.25, -0.2) is 19.6 Å². The average molecular weight is 565 g/mol. The van der Waals surface area contributed by atoms with Crippen molar-refractivity contribution in [2.75, 3.05) is 11.1 Å². The number of halogens is 3. The number of fused-ring (bicyclic) bond motifs is 1. The van der Waals surface area contributed by atoms with E-state index in [0.717, 1.165) is 44.0 Å². The standard InChI is InChI=1S/C28H27F3N8O2/c1-2-3-22(40)36-19-8-10-20(11-9-19)39-26-23(25(32)34-15-35-26)24(38-39)16-4-6-17(7-5-16)27(41)37-21-14-18(12-13-33-21)28(29,30)31/h4-7,12-15,19-20,22,36,40H,8-11H2,1H3,(H2,32,34,35)(H,33,37,41). The number of hydrogen-bond acceptors (Lipinski definition) is 8. The van der Waals surface area contributed by atoms with Crippen LogP contribution < -0.4 is 16.4 Å². The first kappa shape index (κ1) is 28.0. The van der Waals surface area contributed by atoms with E-state index in [9.17, 15) is 23.1 Å². The molecule has 1 aliphatic carbocycles. The normalized spacial score (nSPS) is 18.0. The van der Waals surface area contributed by atoms with Crippen LogP contribution in [0.4, 0.5) is 24.8 Å². The fourth-order valence-electron chi connectivity index (χ4n) is 4.98. The molecule has 41 heavy (non-hydrogen) atoms. The first-order valence-corrected chi connectivity index (χ1v) is 12.9. The van der Waals surface area contributed by atoms with Crippen LogP contribution in [0.2, 0.25) is 0 Å². The van der Waals surface area contributed by atoms with E-state index in [1.54, 1.807) is 31.2 Å². The summed E-state index contributed by atoms with van der Waals surface area (Å²) in [5.74, 6) is 4.85. The molecule has 1 saturated carbocycles. The number of aromatic nitrogens is 5. The third kappa shape index (κ3) is 6.13. The number of carbonyl (C=O) groups excluding carboxylic acids is 1. The molecule has 5 rings (SSSR count). The Balaban J connectivity index is 1.36. The summed E-state index contributed by atoms with van der Waals surface area (Å²) in [6.07, 6.45) is 0.191. The number of alkyl halides is 3. The first-order valence-electron chi connectivity index (χ1n) is 12.9. The van der Waals surface area contributed by atoms with E-state index in [-0.39, 0.29) is 29.3 Å². The molecule has 1 aliphatic rings. The van der Waals surface area contributed by atoms with Crippen molar-refractivity contribution >= 4 is 28.6 Å². The number of benzene rings is 1. The highest BCUT2D eigenvalue weighted by molar-refractivity contribution is 6.04. The van der Waals surface area contributed by atoms with Crippen molar-refractivity contribution in [3.63, 3.8) is 0 Å². The van der Waals surface area contributed by atoms with Gasteiger partial charge in [0.15, 0.2) is 11.9 Å². The number of aliphatic hydroxyl groups is 1. The second kappa shape index (κ2) is 11.5. The van der Waals surface area contributed by atoms with E-state index < -0.39 is 23.9 Å². The lowest BCUT2D eigenvalue weighted by atomic mass is 9.91. The quantitative estimate of drug-likeness (QED) is 0.202. The SMILES string of the molecule is CC#CC(O)NC1CCC(n2nc(-c3ccc(C(=O)Nc4cc(C(F)(F)F)ccn4)cc3)c3c(N)ncnc32)CC1. The highest BCUT2D eigenvalue weighted by Crippen LogP contribution is 2.36. The largest absolute Gasteiger partial charge is 0.416 e.